The van der Waals surface area contributed by atoms with Gasteiger partial charge in [0.05, 0.1) is 6.61 Å². The maximum absolute atomic E-state index is 5.35. The molecule has 16 heavy (non-hydrogen) atoms. The Kier molecular flexibility index (Phi) is 3.12. The topological polar surface area (TPSA) is 78.3 Å². The van der Waals surface area contributed by atoms with Gasteiger partial charge in [0, 0.05) is 17.9 Å². The number of aromatic nitrogens is 4. The van der Waals surface area contributed by atoms with E-state index in [1.807, 2.05) is 24.3 Å². The maximum atomic E-state index is 5.35. The van der Waals surface area contributed by atoms with Crippen LogP contribution in [0.4, 0.5) is 0 Å². The van der Waals surface area contributed by atoms with Crippen molar-refractivity contribution in [2.75, 3.05) is 13.2 Å². The third-order valence-electron chi connectivity index (χ3n) is 2.25. The van der Waals surface area contributed by atoms with Crippen molar-refractivity contribution in [3.63, 3.8) is 0 Å². The van der Waals surface area contributed by atoms with Crippen molar-refractivity contribution in [2.24, 2.45) is 5.73 Å². The predicted molar refractivity (Wildman–Crippen MR) is 59.0 cm³/mol. The molecule has 0 spiro atoms. The highest BCUT2D eigenvalue weighted by atomic mass is 16.5. The van der Waals surface area contributed by atoms with Gasteiger partial charge in [0.15, 0.2) is 5.82 Å². The van der Waals surface area contributed by atoms with Crippen LogP contribution in [0, 0.1) is 13.8 Å². The highest BCUT2D eigenvalue weighted by Gasteiger charge is 2.09. The molecule has 6 heteroatoms. The molecule has 0 fully saturated rings. The molecule has 0 aliphatic rings. The number of nitrogens with zero attached hydrogens (tertiary/aromatic N) is 4. The van der Waals surface area contributed by atoms with E-state index in [9.17, 15) is 0 Å². The minimum atomic E-state index is 0.407. The first-order valence-electron chi connectivity index (χ1n) is 5.18. The molecule has 86 valence electrons. The molecular weight excluding hydrogens is 206 g/mol. The lowest BCUT2D eigenvalue weighted by Gasteiger charge is -2.04. The number of nitrogens with two attached hydrogens (primary N) is 1. The van der Waals surface area contributed by atoms with E-state index in [1.54, 1.807) is 0 Å². The van der Waals surface area contributed by atoms with Crippen LogP contribution in [0.2, 0.25) is 0 Å². The number of hydrogen-bond donors (Lipinski definition) is 1. The molecule has 0 atom stereocenters. The number of ether oxygens (including phenoxy) is 1. The molecule has 2 aromatic heterocycles. The summed E-state index contributed by atoms with van der Waals surface area (Å²) >= 11 is 0. The van der Waals surface area contributed by atoms with Gasteiger partial charge < -0.3 is 10.5 Å². The van der Waals surface area contributed by atoms with Crippen LogP contribution in [0.3, 0.4) is 0 Å². The molecule has 0 aliphatic carbocycles. The van der Waals surface area contributed by atoms with Crippen molar-refractivity contribution in [3.8, 4) is 0 Å². The zero-order chi connectivity index (χ0) is 11.5. The van der Waals surface area contributed by atoms with Gasteiger partial charge in [-0.3, -0.25) is 4.40 Å². The fraction of sp³-hybridized carbons (Fsp3) is 0.500. The van der Waals surface area contributed by atoms with Gasteiger partial charge in [0.1, 0.15) is 6.61 Å². The average molecular weight is 221 g/mol. The number of fused-ring (bicyclic) bond motifs is 1. The smallest absolute Gasteiger partial charge is 0.255 e. The number of rotatable bonds is 4. The second-order valence-electron chi connectivity index (χ2n) is 3.63. The van der Waals surface area contributed by atoms with Crippen LogP contribution in [0.15, 0.2) is 6.07 Å². The largest absolute Gasteiger partial charge is 0.372 e. The molecule has 2 N–H and O–H groups in total. The quantitative estimate of drug-likeness (QED) is 0.747. The normalized spacial score (nSPS) is 11.2. The highest BCUT2D eigenvalue weighted by Crippen LogP contribution is 2.08. The standard InChI is InChI=1S/C10H15N5O/c1-7-5-8(2)15-9(6-16-4-3-11)13-14-10(15)12-7/h5H,3-4,6,11H2,1-2H3. The van der Waals surface area contributed by atoms with Gasteiger partial charge in [-0.15, -0.1) is 10.2 Å². The Balaban J connectivity index is 2.33. The van der Waals surface area contributed by atoms with Crippen molar-refractivity contribution >= 4 is 5.78 Å². The number of hydrogen-bond acceptors (Lipinski definition) is 5. The van der Waals surface area contributed by atoms with E-state index in [4.69, 9.17) is 10.5 Å². The molecule has 0 aliphatic heterocycles. The first-order chi connectivity index (χ1) is 7.72. The van der Waals surface area contributed by atoms with Crippen molar-refractivity contribution < 1.29 is 4.74 Å². The van der Waals surface area contributed by atoms with Crippen LogP contribution in [-0.4, -0.2) is 32.7 Å². The fourth-order valence-electron chi connectivity index (χ4n) is 1.64. The van der Waals surface area contributed by atoms with Crippen LogP contribution in [0.1, 0.15) is 17.2 Å². The van der Waals surface area contributed by atoms with Gasteiger partial charge in [-0.2, -0.15) is 0 Å². The molecule has 0 aromatic carbocycles. The van der Waals surface area contributed by atoms with Crippen LogP contribution in [0.25, 0.3) is 5.78 Å². The Hall–Kier alpha value is -1.53. The molecule has 0 radical (unpaired) electrons. The predicted octanol–water partition coefficient (Wildman–Crippen LogP) is 0.216. The molecule has 0 bridgehead atoms. The Morgan fingerprint density at radius 2 is 2.19 bits per heavy atom. The third-order valence-corrected chi connectivity index (χ3v) is 2.25. The van der Waals surface area contributed by atoms with E-state index in [2.05, 4.69) is 15.2 Å². The average Bonchev–Trinajstić information content (AvgIpc) is 2.62. The summed E-state index contributed by atoms with van der Waals surface area (Å²) in [6.45, 7) is 5.37. The van der Waals surface area contributed by atoms with Gasteiger partial charge >= 0.3 is 0 Å². The molecule has 0 saturated carbocycles. The molecule has 0 unspecified atom stereocenters. The van der Waals surface area contributed by atoms with Gasteiger partial charge in [-0.1, -0.05) is 0 Å². The van der Waals surface area contributed by atoms with E-state index in [1.165, 1.54) is 0 Å². The van der Waals surface area contributed by atoms with E-state index in [0.29, 0.717) is 25.5 Å². The minimum absolute atomic E-state index is 0.407. The Morgan fingerprint density at radius 3 is 2.94 bits per heavy atom. The second-order valence-corrected chi connectivity index (χ2v) is 3.63. The molecule has 6 nitrogen and oxygen atoms in total. The SMILES string of the molecule is Cc1cc(C)n2c(COCCN)nnc2n1. The summed E-state index contributed by atoms with van der Waals surface area (Å²) in [4.78, 5) is 4.29. The summed E-state index contributed by atoms with van der Waals surface area (Å²) in [5.74, 6) is 1.37. The van der Waals surface area contributed by atoms with Crippen molar-refractivity contribution in [1.82, 2.24) is 19.6 Å². The van der Waals surface area contributed by atoms with Crippen LogP contribution < -0.4 is 5.73 Å². The maximum Gasteiger partial charge on any atom is 0.255 e. The van der Waals surface area contributed by atoms with E-state index >= 15 is 0 Å². The second kappa shape index (κ2) is 4.54. The molecule has 0 saturated heterocycles. The van der Waals surface area contributed by atoms with Crippen molar-refractivity contribution in [2.45, 2.75) is 20.5 Å². The zero-order valence-electron chi connectivity index (χ0n) is 9.47. The Morgan fingerprint density at radius 1 is 1.38 bits per heavy atom. The lowest BCUT2D eigenvalue weighted by atomic mass is 10.3. The monoisotopic (exact) mass is 221 g/mol. The van der Waals surface area contributed by atoms with E-state index in [-0.39, 0.29) is 0 Å². The zero-order valence-corrected chi connectivity index (χ0v) is 9.47. The first-order valence-corrected chi connectivity index (χ1v) is 5.18. The summed E-state index contributed by atoms with van der Waals surface area (Å²) in [7, 11) is 0. The lowest BCUT2D eigenvalue weighted by molar-refractivity contribution is 0.122. The van der Waals surface area contributed by atoms with Crippen molar-refractivity contribution in [3.05, 3.63) is 23.3 Å². The highest BCUT2D eigenvalue weighted by molar-refractivity contribution is 5.32. The van der Waals surface area contributed by atoms with Gasteiger partial charge in [0.2, 0.25) is 0 Å². The molecule has 2 heterocycles. The van der Waals surface area contributed by atoms with Crippen molar-refractivity contribution in [1.29, 1.82) is 0 Å². The van der Waals surface area contributed by atoms with Gasteiger partial charge in [-0.25, -0.2) is 4.98 Å². The Labute approximate surface area is 93.5 Å². The van der Waals surface area contributed by atoms with Crippen LogP contribution in [-0.2, 0) is 11.3 Å². The van der Waals surface area contributed by atoms with Gasteiger partial charge in [-0.05, 0) is 19.9 Å². The summed E-state index contributed by atoms with van der Waals surface area (Å²) in [5.41, 5.74) is 7.34. The first kappa shape index (κ1) is 11.0. The fourth-order valence-corrected chi connectivity index (χ4v) is 1.64. The molecular formula is C10H15N5O. The molecule has 2 aromatic rings. The van der Waals surface area contributed by atoms with Gasteiger partial charge in [0.25, 0.3) is 5.78 Å². The number of aryl methyl sites for hydroxylation is 2. The summed E-state index contributed by atoms with van der Waals surface area (Å²) in [6.07, 6.45) is 0. The van der Waals surface area contributed by atoms with E-state index < -0.39 is 0 Å². The lowest BCUT2D eigenvalue weighted by Crippen LogP contribution is -2.10. The Bertz CT molecular complexity index is 493. The summed E-state index contributed by atoms with van der Waals surface area (Å²) < 4.78 is 7.24. The molecule has 2 rings (SSSR count). The third kappa shape index (κ3) is 2.02. The van der Waals surface area contributed by atoms with Crippen LogP contribution in [0.5, 0.6) is 0 Å². The summed E-state index contributed by atoms with van der Waals surface area (Å²) in [6, 6.07) is 1.99. The molecule has 0 amide bonds. The summed E-state index contributed by atoms with van der Waals surface area (Å²) in [5, 5.41) is 8.06. The minimum Gasteiger partial charge on any atom is -0.372 e. The van der Waals surface area contributed by atoms with E-state index in [0.717, 1.165) is 17.2 Å². The van der Waals surface area contributed by atoms with Crippen LogP contribution >= 0.6 is 0 Å².